The van der Waals surface area contributed by atoms with E-state index in [-0.39, 0.29) is 0 Å². The van der Waals surface area contributed by atoms with Gasteiger partial charge < -0.3 is 9.47 Å². The predicted molar refractivity (Wildman–Crippen MR) is 282 cm³/mol. The van der Waals surface area contributed by atoms with Gasteiger partial charge in [-0.25, -0.2) is 0 Å². The molecule has 0 radical (unpaired) electrons. The minimum Gasteiger partial charge on any atom is -0.310 e. The smallest absolute Gasteiger partial charge is 0.0542 e. The number of fused-ring (bicyclic) bond motifs is 9. The van der Waals surface area contributed by atoms with Gasteiger partial charge >= 0.3 is 0 Å². The van der Waals surface area contributed by atoms with Crippen molar-refractivity contribution in [2.75, 3.05) is 4.90 Å². The van der Waals surface area contributed by atoms with Crippen LogP contribution in [0.3, 0.4) is 0 Å². The molecule has 13 aromatic rings. The zero-order chi connectivity index (χ0) is 43.6. The molecule has 0 spiro atoms. The lowest BCUT2D eigenvalue weighted by Crippen LogP contribution is -2.10. The molecule has 0 aliphatic carbocycles. The zero-order valence-corrected chi connectivity index (χ0v) is 36.1. The van der Waals surface area contributed by atoms with Crippen LogP contribution in [0.15, 0.2) is 255 Å². The van der Waals surface area contributed by atoms with Crippen molar-refractivity contribution in [2.24, 2.45) is 0 Å². The van der Waals surface area contributed by atoms with E-state index in [1.165, 1.54) is 98.3 Å². The minimum absolute atomic E-state index is 1.09. The van der Waals surface area contributed by atoms with Crippen LogP contribution in [-0.4, -0.2) is 4.57 Å². The molecule has 0 amide bonds. The normalized spacial score (nSPS) is 11.6. The van der Waals surface area contributed by atoms with Gasteiger partial charge in [-0.05, 0) is 143 Å². The van der Waals surface area contributed by atoms with E-state index in [1.807, 2.05) is 0 Å². The van der Waals surface area contributed by atoms with E-state index < -0.39 is 0 Å². The molecular formula is C64H42N2. The zero-order valence-electron chi connectivity index (χ0n) is 36.1. The predicted octanol–water partition coefficient (Wildman–Crippen LogP) is 17.9. The monoisotopic (exact) mass is 838 g/mol. The summed E-state index contributed by atoms with van der Waals surface area (Å²) < 4.78 is 2.38. The summed E-state index contributed by atoms with van der Waals surface area (Å²) in [6.07, 6.45) is 0. The van der Waals surface area contributed by atoms with Crippen molar-refractivity contribution in [2.45, 2.75) is 0 Å². The van der Waals surface area contributed by atoms with E-state index in [0.717, 1.165) is 22.7 Å². The quantitative estimate of drug-likeness (QED) is 0.145. The Bertz CT molecular complexity index is 3960. The molecule has 0 aliphatic heterocycles. The van der Waals surface area contributed by atoms with Gasteiger partial charge in [-0.1, -0.05) is 188 Å². The summed E-state index contributed by atoms with van der Waals surface area (Å²) in [6, 6.07) is 93.3. The van der Waals surface area contributed by atoms with Crippen LogP contribution in [0.25, 0.3) is 104 Å². The number of anilines is 3. The van der Waals surface area contributed by atoms with Crippen LogP contribution in [0.4, 0.5) is 17.1 Å². The van der Waals surface area contributed by atoms with Gasteiger partial charge in [0.15, 0.2) is 0 Å². The molecule has 2 nitrogen and oxygen atoms in total. The molecule has 66 heavy (non-hydrogen) atoms. The van der Waals surface area contributed by atoms with Crippen molar-refractivity contribution in [1.82, 2.24) is 4.57 Å². The molecule has 2 heteroatoms. The SMILES string of the molecule is c1ccc(-c2c(-c3ccccc3)c3cc(-c4ccc(N(c5ccc6c(ccc7ccccc76)c5)c5ccc6c(c5)c5ccccc5n6-c5ccccc5)cc4)ccc3c3ccccc23)cc1. The van der Waals surface area contributed by atoms with Crippen molar-refractivity contribution in [1.29, 1.82) is 0 Å². The lowest BCUT2D eigenvalue weighted by Gasteiger charge is -2.26. The highest BCUT2D eigenvalue weighted by molar-refractivity contribution is 6.22. The second kappa shape index (κ2) is 15.5. The number of hydrogen-bond acceptors (Lipinski definition) is 1. The third-order valence-corrected chi connectivity index (χ3v) is 13.5. The molecule has 0 saturated carbocycles. The van der Waals surface area contributed by atoms with Crippen molar-refractivity contribution in [3.8, 4) is 39.1 Å². The van der Waals surface area contributed by atoms with Gasteiger partial charge in [0.1, 0.15) is 0 Å². The fourth-order valence-corrected chi connectivity index (χ4v) is 10.5. The number of aromatic nitrogens is 1. The van der Waals surface area contributed by atoms with Crippen LogP contribution in [0.5, 0.6) is 0 Å². The summed E-state index contributed by atoms with van der Waals surface area (Å²) in [6.45, 7) is 0. The Balaban J connectivity index is 0.989. The third-order valence-electron chi connectivity index (χ3n) is 13.5. The van der Waals surface area contributed by atoms with Gasteiger partial charge in [0, 0.05) is 33.5 Å². The van der Waals surface area contributed by atoms with Crippen LogP contribution < -0.4 is 4.90 Å². The van der Waals surface area contributed by atoms with Crippen molar-refractivity contribution in [3.63, 3.8) is 0 Å². The van der Waals surface area contributed by atoms with Crippen molar-refractivity contribution >= 4 is 82.0 Å². The average Bonchev–Trinajstić information content (AvgIpc) is 3.72. The summed E-state index contributed by atoms with van der Waals surface area (Å²) in [7, 11) is 0. The first-order valence-corrected chi connectivity index (χ1v) is 22.8. The van der Waals surface area contributed by atoms with E-state index in [9.17, 15) is 0 Å². The van der Waals surface area contributed by atoms with Gasteiger partial charge in [0.2, 0.25) is 0 Å². The average molecular weight is 839 g/mol. The second-order valence-corrected chi connectivity index (χ2v) is 17.3. The molecule has 0 bridgehead atoms. The molecule has 0 aliphatic rings. The Labute approximate surface area is 383 Å². The topological polar surface area (TPSA) is 8.17 Å². The Hall–Kier alpha value is -8.72. The fourth-order valence-electron chi connectivity index (χ4n) is 10.5. The molecule has 308 valence electrons. The van der Waals surface area contributed by atoms with Crippen LogP contribution in [0, 0.1) is 0 Å². The summed E-state index contributed by atoms with van der Waals surface area (Å²) in [5.41, 5.74) is 14.1. The number of rotatable bonds is 7. The lowest BCUT2D eigenvalue weighted by molar-refractivity contribution is 1.18. The van der Waals surface area contributed by atoms with Gasteiger partial charge in [-0.3, -0.25) is 0 Å². The summed E-state index contributed by atoms with van der Waals surface area (Å²) in [5.74, 6) is 0. The van der Waals surface area contributed by atoms with E-state index in [2.05, 4.69) is 264 Å². The van der Waals surface area contributed by atoms with Gasteiger partial charge in [-0.15, -0.1) is 0 Å². The number of benzene rings is 12. The van der Waals surface area contributed by atoms with Crippen LogP contribution >= 0.6 is 0 Å². The number of hydrogen-bond donors (Lipinski definition) is 0. The van der Waals surface area contributed by atoms with E-state index >= 15 is 0 Å². The first-order chi connectivity index (χ1) is 32.7. The maximum atomic E-state index is 2.42. The van der Waals surface area contributed by atoms with Crippen molar-refractivity contribution in [3.05, 3.63) is 255 Å². The van der Waals surface area contributed by atoms with E-state index in [1.54, 1.807) is 0 Å². The number of nitrogens with zero attached hydrogens (tertiary/aromatic N) is 2. The molecule has 12 aromatic carbocycles. The summed E-state index contributed by atoms with van der Waals surface area (Å²) in [4.78, 5) is 2.42. The maximum Gasteiger partial charge on any atom is 0.0542 e. The molecular weight excluding hydrogens is 797 g/mol. The first-order valence-electron chi connectivity index (χ1n) is 22.8. The van der Waals surface area contributed by atoms with E-state index in [0.29, 0.717) is 0 Å². The molecule has 1 aromatic heterocycles. The van der Waals surface area contributed by atoms with Crippen LogP contribution in [0.2, 0.25) is 0 Å². The van der Waals surface area contributed by atoms with Gasteiger partial charge in [-0.2, -0.15) is 0 Å². The standard InChI is InChI=1S/C64H42N2/c1-4-17-45(18-5-1)63-58-26-13-12-24-55(58)56-37-32-47(41-60(56)64(63)46-19-6-2-7-20-46)43-30-33-50(34-31-43)65(51-35-38-54-48(40-51)29-28-44-16-10-11-23-53(44)54)52-36-39-62-59(42-52)57-25-14-15-27-61(57)66(62)49-21-8-3-9-22-49/h1-42H. The Kier molecular flexibility index (Phi) is 8.89. The largest absolute Gasteiger partial charge is 0.310 e. The molecule has 0 fully saturated rings. The molecule has 0 N–H and O–H groups in total. The first kappa shape index (κ1) is 37.8. The Morgan fingerprint density at radius 1 is 0.242 bits per heavy atom. The van der Waals surface area contributed by atoms with Crippen molar-refractivity contribution < 1.29 is 0 Å². The lowest BCUT2D eigenvalue weighted by atomic mass is 9.84. The fraction of sp³-hybridized carbons (Fsp3) is 0. The maximum absolute atomic E-state index is 2.42. The summed E-state index contributed by atoms with van der Waals surface area (Å²) in [5, 5.41) is 12.4. The molecule has 0 unspecified atom stereocenters. The second-order valence-electron chi connectivity index (χ2n) is 17.3. The molecule has 1 heterocycles. The Morgan fingerprint density at radius 2 is 0.742 bits per heavy atom. The third kappa shape index (κ3) is 6.18. The molecule has 0 saturated heterocycles. The van der Waals surface area contributed by atoms with Crippen LogP contribution in [-0.2, 0) is 0 Å². The van der Waals surface area contributed by atoms with Gasteiger partial charge in [0.05, 0.1) is 11.0 Å². The highest BCUT2D eigenvalue weighted by atomic mass is 15.1. The minimum atomic E-state index is 1.09. The Morgan fingerprint density at radius 3 is 1.50 bits per heavy atom. The highest BCUT2D eigenvalue weighted by Gasteiger charge is 2.21. The molecule has 13 rings (SSSR count). The van der Waals surface area contributed by atoms with E-state index in [4.69, 9.17) is 0 Å². The molecule has 0 atom stereocenters. The van der Waals surface area contributed by atoms with Crippen LogP contribution in [0.1, 0.15) is 0 Å². The number of para-hydroxylation sites is 2. The highest BCUT2D eigenvalue weighted by Crippen LogP contribution is 2.46. The summed E-state index contributed by atoms with van der Waals surface area (Å²) >= 11 is 0. The van der Waals surface area contributed by atoms with Gasteiger partial charge in [0.25, 0.3) is 0 Å².